The van der Waals surface area contributed by atoms with Crippen LogP contribution in [0.3, 0.4) is 0 Å². The summed E-state index contributed by atoms with van der Waals surface area (Å²) in [5.74, 6) is -0.271. The number of rotatable bonds is 6. The molecule has 6 heteroatoms. The first-order valence-corrected chi connectivity index (χ1v) is 10.4. The van der Waals surface area contributed by atoms with Crippen LogP contribution in [0.1, 0.15) is 21.6 Å². The van der Waals surface area contributed by atoms with Gasteiger partial charge < -0.3 is 14.4 Å². The Kier molecular flexibility index (Phi) is 6.03. The molecule has 1 aromatic heterocycles. The minimum absolute atomic E-state index is 0.213. The maximum atomic E-state index is 11.8. The Morgan fingerprint density at radius 2 is 1.68 bits per heavy atom. The number of halogens is 2. The molecule has 1 N–H and O–H groups in total. The standard InChI is InChI=1S/C25H19Cl2NO3/c1-16-22(25(29)30)14-24(21-12-7-18(26)13-23(21)27)28(16)19-8-10-20(11-9-19)31-15-17-5-3-2-4-6-17/h2-14H,15H2,1H3,(H,29,30). The number of carboxylic acid groups (broad SMARTS) is 1. The van der Waals surface area contributed by atoms with Gasteiger partial charge >= 0.3 is 5.97 Å². The van der Waals surface area contributed by atoms with Crippen LogP contribution in [-0.4, -0.2) is 15.6 Å². The SMILES string of the molecule is Cc1c(C(=O)O)cc(-c2ccc(Cl)cc2Cl)n1-c1ccc(OCc2ccccc2)cc1. The highest BCUT2D eigenvalue weighted by Crippen LogP contribution is 2.35. The smallest absolute Gasteiger partial charge is 0.337 e. The largest absolute Gasteiger partial charge is 0.489 e. The number of benzene rings is 3. The molecular formula is C25H19Cl2NO3. The van der Waals surface area contributed by atoms with Crippen molar-refractivity contribution in [1.29, 1.82) is 0 Å². The fourth-order valence-electron chi connectivity index (χ4n) is 3.48. The summed E-state index contributed by atoms with van der Waals surface area (Å²) in [6.45, 7) is 2.24. The van der Waals surface area contributed by atoms with Gasteiger partial charge in [0.1, 0.15) is 12.4 Å². The number of ether oxygens (including phenoxy) is 1. The molecule has 31 heavy (non-hydrogen) atoms. The van der Waals surface area contributed by atoms with Crippen molar-refractivity contribution in [2.24, 2.45) is 0 Å². The van der Waals surface area contributed by atoms with E-state index in [4.69, 9.17) is 27.9 Å². The van der Waals surface area contributed by atoms with Crippen LogP contribution in [0.4, 0.5) is 0 Å². The molecular weight excluding hydrogens is 433 g/mol. The summed E-state index contributed by atoms with van der Waals surface area (Å²) in [5.41, 5.74) is 4.08. The van der Waals surface area contributed by atoms with Crippen molar-refractivity contribution in [1.82, 2.24) is 4.57 Å². The van der Waals surface area contributed by atoms with Gasteiger partial charge in [0.25, 0.3) is 0 Å². The van der Waals surface area contributed by atoms with E-state index in [0.717, 1.165) is 17.0 Å². The predicted molar refractivity (Wildman–Crippen MR) is 124 cm³/mol. The van der Waals surface area contributed by atoms with Crippen molar-refractivity contribution in [3.63, 3.8) is 0 Å². The van der Waals surface area contributed by atoms with Crippen LogP contribution < -0.4 is 4.74 Å². The quantitative estimate of drug-likeness (QED) is 0.342. The molecule has 0 saturated carbocycles. The summed E-state index contributed by atoms with van der Waals surface area (Å²) in [6.07, 6.45) is 0. The lowest BCUT2D eigenvalue weighted by molar-refractivity contribution is 0.0696. The summed E-state index contributed by atoms with van der Waals surface area (Å²) in [4.78, 5) is 11.8. The van der Waals surface area contributed by atoms with Crippen molar-refractivity contribution in [3.8, 4) is 22.7 Å². The summed E-state index contributed by atoms with van der Waals surface area (Å²) in [5, 5.41) is 10.6. The number of hydrogen-bond donors (Lipinski definition) is 1. The van der Waals surface area contributed by atoms with Gasteiger partial charge in [0.05, 0.1) is 16.3 Å². The van der Waals surface area contributed by atoms with Crippen molar-refractivity contribution in [3.05, 3.63) is 106 Å². The molecule has 0 amide bonds. The average molecular weight is 452 g/mol. The number of carboxylic acids is 1. The zero-order valence-electron chi connectivity index (χ0n) is 16.7. The van der Waals surface area contributed by atoms with E-state index in [0.29, 0.717) is 33.6 Å². The fraction of sp³-hybridized carbons (Fsp3) is 0.0800. The van der Waals surface area contributed by atoms with Crippen LogP contribution in [0.5, 0.6) is 5.75 Å². The summed E-state index contributed by atoms with van der Waals surface area (Å²) >= 11 is 12.5. The van der Waals surface area contributed by atoms with E-state index in [1.807, 2.05) is 59.2 Å². The minimum Gasteiger partial charge on any atom is -0.489 e. The van der Waals surface area contributed by atoms with Gasteiger partial charge in [-0.15, -0.1) is 0 Å². The number of hydrogen-bond acceptors (Lipinski definition) is 2. The molecule has 0 spiro atoms. The minimum atomic E-state index is -0.995. The molecule has 0 aliphatic carbocycles. The van der Waals surface area contributed by atoms with E-state index < -0.39 is 5.97 Å². The number of nitrogens with zero attached hydrogens (tertiary/aromatic N) is 1. The summed E-state index contributed by atoms with van der Waals surface area (Å²) in [6, 6.07) is 24.2. The zero-order chi connectivity index (χ0) is 22.0. The van der Waals surface area contributed by atoms with Gasteiger partial charge in [0.2, 0.25) is 0 Å². The lowest BCUT2D eigenvalue weighted by atomic mass is 10.1. The van der Waals surface area contributed by atoms with Crippen LogP contribution in [0.15, 0.2) is 78.9 Å². The topological polar surface area (TPSA) is 51.5 Å². The Bertz CT molecular complexity index is 1230. The highest BCUT2D eigenvalue weighted by Gasteiger charge is 2.20. The molecule has 0 bridgehead atoms. The van der Waals surface area contributed by atoms with Crippen LogP contribution in [0.2, 0.25) is 10.0 Å². The van der Waals surface area contributed by atoms with Gasteiger partial charge in [-0.2, -0.15) is 0 Å². The maximum Gasteiger partial charge on any atom is 0.337 e. The highest BCUT2D eigenvalue weighted by molar-refractivity contribution is 6.36. The molecule has 1 heterocycles. The lowest BCUT2D eigenvalue weighted by Gasteiger charge is -2.14. The van der Waals surface area contributed by atoms with Crippen LogP contribution in [-0.2, 0) is 6.61 Å². The van der Waals surface area contributed by atoms with Gasteiger partial charge in [-0.1, -0.05) is 53.5 Å². The molecule has 4 rings (SSSR count). The van der Waals surface area contributed by atoms with Crippen molar-refractivity contribution in [2.75, 3.05) is 0 Å². The fourth-order valence-corrected chi connectivity index (χ4v) is 3.99. The van der Waals surface area contributed by atoms with Gasteiger partial charge in [-0.05, 0) is 61.0 Å². The van der Waals surface area contributed by atoms with Gasteiger partial charge in [0.15, 0.2) is 0 Å². The first-order chi connectivity index (χ1) is 14.9. The number of aromatic carboxylic acids is 1. The van der Waals surface area contributed by atoms with E-state index in [1.54, 1.807) is 31.2 Å². The Morgan fingerprint density at radius 3 is 2.32 bits per heavy atom. The molecule has 156 valence electrons. The van der Waals surface area contributed by atoms with Gasteiger partial charge in [0, 0.05) is 22.0 Å². The molecule has 0 aliphatic heterocycles. The highest BCUT2D eigenvalue weighted by atomic mass is 35.5. The maximum absolute atomic E-state index is 11.8. The van der Waals surface area contributed by atoms with E-state index in [2.05, 4.69) is 0 Å². The second-order valence-electron chi connectivity index (χ2n) is 7.06. The van der Waals surface area contributed by atoms with E-state index in [-0.39, 0.29) is 5.56 Å². The number of aromatic nitrogens is 1. The lowest BCUT2D eigenvalue weighted by Crippen LogP contribution is -2.03. The average Bonchev–Trinajstić information content (AvgIpc) is 3.10. The van der Waals surface area contributed by atoms with Crippen LogP contribution >= 0.6 is 23.2 Å². The van der Waals surface area contributed by atoms with Gasteiger partial charge in [-0.25, -0.2) is 4.79 Å². The summed E-state index contributed by atoms with van der Waals surface area (Å²) < 4.78 is 7.74. The summed E-state index contributed by atoms with van der Waals surface area (Å²) in [7, 11) is 0. The van der Waals surface area contributed by atoms with Crippen LogP contribution in [0, 0.1) is 6.92 Å². The molecule has 0 radical (unpaired) electrons. The molecule has 0 saturated heterocycles. The van der Waals surface area contributed by atoms with Crippen molar-refractivity contribution >= 4 is 29.2 Å². The molecule has 0 aliphatic rings. The molecule has 0 atom stereocenters. The van der Waals surface area contributed by atoms with Gasteiger partial charge in [-0.3, -0.25) is 0 Å². The second kappa shape index (κ2) is 8.88. The van der Waals surface area contributed by atoms with E-state index in [1.165, 1.54) is 0 Å². The molecule has 0 unspecified atom stereocenters. The third-order valence-electron chi connectivity index (χ3n) is 5.03. The first-order valence-electron chi connectivity index (χ1n) is 9.62. The van der Waals surface area contributed by atoms with E-state index in [9.17, 15) is 9.90 Å². The van der Waals surface area contributed by atoms with Crippen LogP contribution in [0.25, 0.3) is 16.9 Å². The Hall–Kier alpha value is -3.21. The molecule has 3 aromatic carbocycles. The van der Waals surface area contributed by atoms with E-state index >= 15 is 0 Å². The van der Waals surface area contributed by atoms with Crippen molar-refractivity contribution in [2.45, 2.75) is 13.5 Å². The monoisotopic (exact) mass is 451 g/mol. The molecule has 4 aromatic rings. The predicted octanol–water partition coefficient (Wildman–Crippen LogP) is 7.04. The molecule has 4 nitrogen and oxygen atoms in total. The Morgan fingerprint density at radius 1 is 0.968 bits per heavy atom. The Labute approximate surface area is 190 Å². The first kappa shape index (κ1) is 21.0. The normalized spacial score (nSPS) is 10.8. The second-order valence-corrected chi connectivity index (χ2v) is 7.91. The Balaban J connectivity index is 1.70. The third kappa shape index (κ3) is 4.46. The number of carbonyl (C=O) groups is 1. The zero-order valence-corrected chi connectivity index (χ0v) is 18.2. The van der Waals surface area contributed by atoms with Crippen molar-refractivity contribution < 1.29 is 14.6 Å². The third-order valence-corrected chi connectivity index (χ3v) is 5.58. The molecule has 0 fully saturated rings.